The van der Waals surface area contributed by atoms with E-state index in [1.807, 2.05) is 23.2 Å². The normalized spacial score (nSPS) is 22.1. The van der Waals surface area contributed by atoms with Crippen molar-refractivity contribution in [1.29, 1.82) is 0 Å². The molecule has 3 heterocycles. The van der Waals surface area contributed by atoms with Gasteiger partial charge in [-0.15, -0.1) is 12.4 Å². The minimum atomic E-state index is 0. The van der Waals surface area contributed by atoms with Crippen molar-refractivity contribution in [2.45, 2.75) is 32.4 Å². The molecular weight excluding hydrogens is 288 g/mol. The third kappa shape index (κ3) is 3.04. The van der Waals surface area contributed by atoms with Gasteiger partial charge in [0.1, 0.15) is 5.65 Å². The molecule has 0 spiro atoms. The van der Waals surface area contributed by atoms with Gasteiger partial charge < -0.3 is 15.2 Å². The lowest BCUT2D eigenvalue weighted by Gasteiger charge is -2.38. The third-order valence-electron chi connectivity index (χ3n) is 4.23. The molecule has 1 aliphatic heterocycles. The Bertz CT molecular complexity index is 627. The Labute approximate surface area is 130 Å². The van der Waals surface area contributed by atoms with Crippen LogP contribution in [-0.2, 0) is 11.2 Å². The highest BCUT2D eigenvalue weighted by molar-refractivity contribution is 5.87. The van der Waals surface area contributed by atoms with Crippen molar-refractivity contribution in [2.24, 2.45) is 0 Å². The van der Waals surface area contributed by atoms with E-state index in [0.717, 1.165) is 29.7 Å². The maximum absolute atomic E-state index is 12.5. The van der Waals surface area contributed by atoms with Crippen LogP contribution in [0.3, 0.4) is 0 Å². The first-order valence-electron chi connectivity index (χ1n) is 7.10. The van der Waals surface area contributed by atoms with E-state index in [4.69, 9.17) is 0 Å². The summed E-state index contributed by atoms with van der Waals surface area (Å²) in [5.74, 6) is 0.190. The molecule has 0 radical (unpaired) electrons. The van der Waals surface area contributed by atoms with Gasteiger partial charge in [-0.1, -0.05) is 0 Å². The summed E-state index contributed by atoms with van der Waals surface area (Å²) in [4.78, 5) is 21.9. The zero-order valence-electron chi connectivity index (χ0n) is 12.3. The molecule has 0 aliphatic carbocycles. The van der Waals surface area contributed by atoms with Crippen LogP contribution in [0.2, 0.25) is 0 Å². The quantitative estimate of drug-likeness (QED) is 0.888. The predicted molar refractivity (Wildman–Crippen MR) is 85.7 cm³/mol. The lowest BCUT2D eigenvalue weighted by atomic mass is 10.1. The number of nitrogens with zero attached hydrogens (tertiary/aromatic N) is 2. The van der Waals surface area contributed by atoms with Crippen LogP contribution in [0.15, 0.2) is 24.5 Å². The first kappa shape index (κ1) is 15.8. The van der Waals surface area contributed by atoms with Gasteiger partial charge in [0, 0.05) is 43.0 Å². The SMILES string of the molecule is CC1NCCN(C(=O)Cc2c[nH]c3ncccc23)C1C.Cl. The van der Waals surface area contributed by atoms with Gasteiger partial charge in [-0.25, -0.2) is 4.98 Å². The molecule has 0 saturated carbocycles. The highest BCUT2D eigenvalue weighted by Crippen LogP contribution is 2.18. The number of hydrogen-bond acceptors (Lipinski definition) is 3. The zero-order valence-corrected chi connectivity index (χ0v) is 13.1. The van der Waals surface area contributed by atoms with E-state index in [9.17, 15) is 4.79 Å². The number of rotatable bonds is 2. The molecule has 1 aliphatic rings. The average molecular weight is 309 g/mol. The first-order valence-corrected chi connectivity index (χ1v) is 7.10. The van der Waals surface area contributed by atoms with Crippen LogP contribution in [-0.4, -0.2) is 45.9 Å². The van der Waals surface area contributed by atoms with Crippen molar-refractivity contribution in [3.05, 3.63) is 30.1 Å². The van der Waals surface area contributed by atoms with E-state index in [2.05, 4.69) is 29.1 Å². The monoisotopic (exact) mass is 308 g/mol. The molecule has 0 bridgehead atoms. The molecule has 2 N–H and O–H groups in total. The Morgan fingerprint density at radius 3 is 3.10 bits per heavy atom. The van der Waals surface area contributed by atoms with E-state index < -0.39 is 0 Å². The fraction of sp³-hybridized carbons (Fsp3) is 0.467. The zero-order chi connectivity index (χ0) is 14.1. The van der Waals surface area contributed by atoms with Gasteiger partial charge in [-0.3, -0.25) is 4.79 Å². The summed E-state index contributed by atoms with van der Waals surface area (Å²) >= 11 is 0. The van der Waals surface area contributed by atoms with Gasteiger partial charge in [0.15, 0.2) is 0 Å². The highest BCUT2D eigenvalue weighted by atomic mass is 35.5. The fourth-order valence-electron chi connectivity index (χ4n) is 2.83. The van der Waals surface area contributed by atoms with E-state index in [1.54, 1.807) is 6.20 Å². The van der Waals surface area contributed by atoms with Crippen LogP contribution in [0.5, 0.6) is 0 Å². The second-order valence-electron chi connectivity index (χ2n) is 5.46. The molecule has 1 amide bonds. The molecule has 2 aromatic heterocycles. The summed E-state index contributed by atoms with van der Waals surface area (Å²) in [5, 5.41) is 4.43. The van der Waals surface area contributed by atoms with Crippen molar-refractivity contribution in [3.8, 4) is 0 Å². The van der Waals surface area contributed by atoms with Crippen LogP contribution in [0.1, 0.15) is 19.4 Å². The van der Waals surface area contributed by atoms with Crippen molar-refractivity contribution < 1.29 is 4.79 Å². The van der Waals surface area contributed by atoms with Crippen LogP contribution in [0.25, 0.3) is 11.0 Å². The summed E-state index contributed by atoms with van der Waals surface area (Å²) in [6.07, 6.45) is 4.08. The van der Waals surface area contributed by atoms with E-state index >= 15 is 0 Å². The van der Waals surface area contributed by atoms with E-state index in [0.29, 0.717) is 12.5 Å². The van der Waals surface area contributed by atoms with Crippen molar-refractivity contribution in [3.63, 3.8) is 0 Å². The summed E-state index contributed by atoms with van der Waals surface area (Å²) < 4.78 is 0. The minimum absolute atomic E-state index is 0. The number of halogens is 1. The molecule has 21 heavy (non-hydrogen) atoms. The molecule has 6 heteroatoms. The second kappa shape index (κ2) is 6.45. The summed E-state index contributed by atoms with van der Waals surface area (Å²) in [6, 6.07) is 4.49. The number of nitrogens with one attached hydrogen (secondary N) is 2. The Morgan fingerprint density at radius 2 is 2.29 bits per heavy atom. The van der Waals surface area contributed by atoms with Crippen LogP contribution >= 0.6 is 12.4 Å². The topological polar surface area (TPSA) is 61.0 Å². The maximum Gasteiger partial charge on any atom is 0.227 e. The van der Waals surface area contributed by atoms with Gasteiger partial charge in [-0.05, 0) is 31.5 Å². The predicted octanol–water partition coefficient (Wildman–Crippen LogP) is 1.74. The van der Waals surface area contributed by atoms with Crippen LogP contribution in [0.4, 0.5) is 0 Å². The molecule has 2 aromatic rings. The Hall–Kier alpha value is -1.59. The largest absolute Gasteiger partial charge is 0.346 e. The van der Waals surface area contributed by atoms with E-state index in [-0.39, 0.29) is 24.4 Å². The lowest BCUT2D eigenvalue weighted by molar-refractivity contribution is -0.134. The Morgan fingerprint density at radius 1 is 1.48 bits per heavy atom. The molecule has 114 valence electrons. The fourth-order valence-corrected chi connectivity index (χ4v) is 2.83. The number of aromatic amines is 1. The maximum atomic E-state index is 12.5. The molecule has 0 aromatic carbocycles. The molecular formula is C15H21ClN4O. The number of fused-ring (bicyclic) bond motifs is 1. The summed E-state index contributed by atoms with van der Waals surface area (Å²) in [6.45, 7) is 5.88. The van der Waals surface area contributed by atoms with Gasteiger partial charge in [0.2, 0.25) is 5.91 Å². The number of piperazine rings is 1. The van der Waals surface area contributed by atoms with Gasteiger partial charge in [-0.2, -0.15) is 0 Å². The highest BCUT2D eigenvalue weighted by Gasteiger charge is 2.28. The summed E-state index contributed by atoms with van der Waals surface area (Å²) in [5.41, 5.74) is 1.87. The standard InChI is InChI=1S/C15H20N4O.ClH/c1-10-11(2)19(7-6-16-10)14(20)8-12-9-18-15-13(12)4-3-5-17-15;/h3-5,9-11,16H,6-8H2,1-2H3,(H,17,18);1H. The van der Waals surface area contributed by atoms with Gasteiger partial charge >= 0.3 is 0 Å². The van der Waals surface area contributed by atoms with Gasteiger partial charge in [0.05, 0.1) is 6.42 Å². The number of pyridine rings is 1. The number of carbonyl (C=O) groups excluding carboxylic acids is 1. The van der Waals surface area contributed by atoms with Crippen molar-refractivity contribution in [1.82, 2.24) is 20.2 Å². The number of amides is 1. The van der Waals surface area contributed by atoms with Crippen molar-refractivity contribution >= 4 is 29.3 Å². The molecule has 2 atom stereocenters. The molecule has 3 rings (SSSR count). The van der Waals surface area contributed by atoms with Crippen LogP contribution < -0.4 is 5.32 Å². The molecule has 5 nitrogen and oxygen atoms in total. The van der Waals surface area contributed by atoms with E-state index in [1.165, 1.54) is 0 Å². The summed E-state index contributed by atoms with van der Waals surface area (Å²) in [7, 11) is 0. The smallest absolute Gasteiger partial charge is 0.227 e. The second-order valence-corrected chi connectivity index (χ2v) is 5.46. The molecule has 2 unspecified atom stereocenters. The number of hydrogen-bond donors (Lipinski definition) is 2. The number of H-pyrrole nitrogens is 1. The lowest BCUT2D eigenvalue weighted by Crippen LogP contribution is -2.57. The Kier molecular flexibility index (Phi) is 4.85. The van der Waals surface area contributed by atoms with Gasteiger partial charge in [0.25, 0.3) is 0 Å². The molecule has 1 saturated heterocycles. The average Bonchev–Trinajstić information content (AvgIpc) is 2.85. The number of carbonyl (C=O) groups is 1. The minimum Gasteiger partial charge on any atom is -0.346 e. The first-order chi connectivity index (χ1) is 9.66. The third-order valence-corrected chi connectivity index (χ3v) is 4.23. The molecule has 1 fully saturated rings. The Balaban J connectivity index is 0.00000161. The van der Waals surface area contributed by atoms with Crippen LogP contribution in [0, 0.1) is 0 Å². The number of aromatic nitrogens is 2. The van der Waals surface area contributed by atoms with Crippen molar-refractivity contribution in [2.75, 3.05) is 13.1 Å².